The number of aliphatic imine (C=N–C) groups is 1. The van der Waals surface area contributed by atoms with Gasteiger partial charge in [0.15, 0.2) is 0 Å². The fourth-order valence-corrected chi connectivity index (χ4v) is 7.28. The van der Waals surface area contributed by atoms with Crippen LogP contribution in [0, 0.1) is 0 Å². The summed E-state index contributed by atoms with van der Waals surface area (Å²) in [5.74, 6) is 0. The van der Waals surface area contributed by atoms with Crippen molar-refractivity contribution in [2.45, 2.75) is 25.8 Å². The Morgan fingerprint density at radius 2 is 1.33 bits per heavy atom. The molecule has 1 atom stereocenters. The van der Waals surface area contributed by atoms with Crippen molar-refractivity contribution in [1.82, 2.24) is 5.32 Å². The van der Waals surface area contributed by atoms with Crippen LogP contribution in [0.1, 0.15) is 42.0 Å². The van der Waals surface area contributed by atoms with E-state index in [0.29, 0.717) is 6.04 Å². The van der Waals surface area contributed by atoms with Gasteiger partial charge in [0.1, 0.15) is 0 Å². The van der Waals surface area contributed by atoms with Crippen molar-refractivity contribution in [3.05, 3.63) is 168 Å². The molecule has 0 amide bonds. The van der Waals surface area contributed by atoms with Gasteiger partial charge in [-0.2, -0.15) is 0 Å². The summed E-state index contributed by atoms with van der Waals surface area (Å²) in [5.41, 5.74) is 11.2. The van der Waals surface area contributed by atoms with Crippen LogP contribution in [0.3, 0.4) is 0 Å². The number of allylic oxidation sites excluding steroid dienone is 7. The van der Waals surface area contributed by atoms with Crippen LogP contribution in [0.25, 0.3) is 66.2 Å². The van der Waals surface area contributed by atoms with Crippen LogP contribution < -0.4 is 5.32 Å². The molecular formula is C46H38N2. The molecule has 0 bridgehead atoms. The third-order valence-electron chi connectivity index (χ3n) is 9.65. The lowest BCUT2D eigenvalue weighted by molar-refractivity contribution is 0.764. The van der Waals surface area contributed by atoms with Gasteiger partial charge in [-0.25, -0.2) is 0 Å². The maximum Gasteiger partial charge on any atom is 0.0414 e. The molecule has 6 aromatic rings. The summed E-state index contributed by atoms with van der Waals surface area (Å²) in [7, 11) is 1.80. The number of fused-ring (bicyclic) bond motifs is 6. The quantitative estimate of drug-likeness (QED) is 0.146. The highest BCUT2D eigenvalue weighted by molar-refractivity contribution is 6.25. The summed E-state index contributed by atoms with van der Waals surface area (Å²) < 4.78 is 0. The van der Waals surface area contributed by atoms with E-state index in [1.807, 2.05) is 12.3 Å². The molecule has 0 radical (unpaired) electrons. The predicted molar refractivity (Wildman–Crippen MR) is 209 cm³/mol. The molecule has 48 heavy (non-hydrogen) atoms. The topological polar surface area (TPSA) is 24.4 Å². The highest BCUT2D eigenvalue weighted by atomic mass is 14.9. The van der Waals surface area contributed by atoms with Crippen LogP contribution in [0.15, 0.2) is 151 Å². The lowest BCUT2D eigenvalue weighted by atomic mass is 9.85. The van der Waals surface area contributed by atoms with Crippen molar-refractivity contribution in [3.63, 3.8) is 0 Å². The van der Waals surface area contributed by atoms with Crippen molar-refractivity contribution in [2.24, 2.45) is 4.99 Å². The van der Waals surface area contributed by atoms with Crippen molar-refractivity contribution in [2.75, 3.05) is 7.05 Å². The van der Waals surface area contributed by atoms with Crippen LogP contribution in [0.2, 0.25) is 0 Å². The number of benzene rings is 6. The minimum absolute atomic E-state index is 0.332. The lowest BCUT2D eigenvalue weighted by Gasteiger charge is -2.20. The zero-order valence-electron chi connectivity index (χ0n) is 27.4. The van der Waals surface area contributed by atoms with Crippen LogP contribution >= 0.6 is 0 Å². The van der Waals surface area contributed by atoms with E-state index in [-0.39, 0.29) is 0 Å². The van der Waals surface area contributed by atoms with Gasteiger partial charge >= 0.3 is 0 Å². The molecule has 2 heteroatoms. The summed E-state index contributed by atoms with van der Waals surface area (Å²) in [5, 5.41) is 11.3. The second-order valence-electron chi connectivity index (χ2n) is 12.8. The fourth-order valence-electron chi connectivity index (χ4n) is 7.28. The molecule has 0 spiro atoms. The number of hydrogen-bond acceptors (Lipinski definition) is 2. The van der Waals surface area contributed by atoms with Crippen molar-refractivity contribution in [3.8, 4) is 11.1 Å². The Kier molecular flexibility index (Phi) is 7.92. The Morgan fingerprint density at radius 1 is 0.667 bits per heavy atom. The second-order valence-corrected chi connectivity index (χ2v) is 12.8. The maximum absolute atomic E-state index is 4.15. The molecule has 1 unspecified atom stereocenters. The highest BCUT2D eigenvalue weighted by Gasteiger charge is 2.17. The van der Waals surface area contributed by atoms with Gasteiger partial charge in [-0.05, 0) is 133 Å². The van der Waals surface area contributed by atoms with E-state index in [9.17, 15) is 0 Å². The minimum Gasteiger partial charge on any atom is -0.384 e. The third kappa shape index (κ3) is 5.60. The zero-order valence-corrected chi connectivity index (χ0v) is 27.4. The molecule has 232 valence electrons. The average molecular weight is 619 g/mol. The minimum atomic E-state index is 0.332. The van der Waals surface area contributed by atoms with E-state index in [1.165, 1.54) is 76.9 Å². The smallest absolute Gasteiger partial charge is 0.0414 e. The summed E-state index contributed by atoms with van der Waals surface area (Å²) in [4.78, 5) is 4.15. The van der Waals surface area contributed by atoms with Crippen LogP contribution in [-0.2, 0) is 0 Å². The Bertz CT molecular complexity index is 2360. The van der Waals surface area contributed by atoms with Gasteiger partial charge in [0.05, 0.1) is 0 Å². The molecule has 8 rings (SSSR count). The van der Waals surface area contributed by atoms with E-state index in [0.717, 1.165) is 18.4 Å². The van der Waals surface area contributed by atoms with Crippen LogP contribution in [0.5, 0.6) is 0 Å². The summed E-state index contributed by atoms with van der Waals surface area (Å²) in [6, 6.07) is 40.8. The number of nitrogens with zero attached hydrogens (tertiary/aromatic N) is 1. The van der Waals surface area contributed by atoms with E-state index < -0.39 is 0 Å². The molecule has 2 aliphatic rings. The van der Waals surface area contributed by atoms with E-state index in [1.54, 1.807) is 7.05 Å². The first-order valence-electron chi connectivity index (χ1n) is 16.9. The standard InChI is InChI=1S/C46H38N2/c1-31-20-21-36(30-48-31)37-25-32(11-10-24-47-2)26-38(28-37)40-15-4-3-14-39(40)35-13-9-12-33(27-35)34-22-23-45-43-18-6-5-16-41(43)42-17-7-8-19-44(42)46(45)29-34/h3-8,10-12,14-31,48H,9,13H2,1-2H3/b11-10+,47-24?. The van der Waals surface area contributed by atoms with Gasteiger partial charge in [-0.15, -0.1) is 0 Å². The molecule has 1 aliphatic carbocycles. The second kappa shape index (κ2) is 12.8. The first-order chi connectivity index (χ1) is 23.7. The summed E-state index contributed by atoms with van der Waals surface area (Å²) >= 11 is 0. The molecule has 1 N–H and O–H groups in total. The van der Waals surface area contributed by atoms with Gasteiger partial charge in [0.2, 0.25) is 0 Å². The van der Waals surface area contributed by atoms with Gasteiger partial charge in [0.25, 0.3) is 0 Å². The molecule has 2 nitrogen and oxygen atoms in total. The van der Waals surface area contributed by atoms with Gasteiger partial charge in [-0.3, -0.25) is 4.99 Å². The molecule has 0 saturated heterocycles. The number of dihydropyridines is 1. The number of rotatable bonds is 6. The molecular weight excluding hydrogens is 581 g/mol. The molecule has 1 heterocycles. The monoisotopic (exact) mass is 618 g/mol. The average Bonchev–Trinajstić information content (AvgIpc) is 3.15. The summed E-state index contributed by atoms with van der Waals surface area (Å²) in [6.07, 6.45) is 19.4. The first kappa shape index (κ1) is 29.7. The van der Waals surface area contributed by atoms with Gasteiger partial charge in [-0.1, -0.05) is 115 Å². The molecule has 0 saturated carbocycles. The Balaban J connectivity index is 1.22. The highest BCUT2D eigenvalue weighted by Crippen LogP contribution is 2.40. The number of hydrogen-bond donors (Lipinski definition) is 1. The largest absolute Gasteiger partial charge is 0.384 e. The Morgan fingerprint density at radius 3 is 2.04 bits per heavy atom. The molecule has 6 aromatic carbocycles. The molecule has 0 fully saturated rings. The molecule has 1 aliphatic heterocycles. The molecule has 0 aromatic heterocycles. The fraction of sp³-hybridized carbons (Fsp3) is 0.109. The van der Waals surface area contributed by atoms with Crippen molar-refractivity contribution < 1.29 is 0 Å². The van der Waals surface area contributed by atoms with Crippen molar-refractivity contribution in [1.29, 1.82) is 0 Å². The third-order valence-corrected chi connectivity index (χ3v) is 9.65. The van der Waals surface area contributed by atoms with Gasteiger partial charge < -0.3 is 5.32 Å². The number of nitrogens with one attached hydrogen (secondary N) is 1. The summed E-state index contributed by atoms with van der Waals surface area (Å²) in [6.45, 7) is 2.16. The normalized spacial score (nSPS) is 16.5. The van der Waals surface area contributed by atoms with E-state index >= 15 is 0 Å². The predicted octanol–water partition coefficient (Wildman–Crippen LogP) is 11.7. The van der Waals surface area contributed by atoms with Crippen LogP contribution in [0.4, 0.5) is 0 Å². The zero-order chi connectivity index (χ0) is 32.5. The van der Waals surface area contributed by atoms with Gasteiger partial charge in [0, 0.05) is 25.5 Å². The SMILES string of the molecule is CN=C/C=C/c1cc(C2=CNC(C)C=C2)cc(-c2ccccc2C2=CC(c3ccc4c5ccccc5c5ccccc5c4c3)=CCC2)c1. The maximum atomic E-state index is 4.15. The van der Waals surface area contributed by atoms with Crippen molar-refractivity contribution >= 4 is 61.3 Å². The first-order valence-corrected chi connectivity index (χ1v) is 16.9. The van der Waals surface area contributed by atoms with E-state index in [2.05, 4.69) is 163 Å². The van der Waals surface area contributed by atoms with E-state index in [4.69, 9.17) is 0 Å². The Hall–Kier alpha value is -5.73. The lowest BCUT2D eigenvalue weighted by Crippen LogP contribution is -2.20. The Labute approximate surface area is 282 Å². The van der Waals surface area contributed by atoms with Crippen LogP contribution in [-0.4, -0.2) is 19.3 Å².